The number of hydrogen-bond donors (Lipinski definition) is 0. The lowest BCUT2D eigenvalue weighted by Crippen LogP contribution is -1.96. The van der Waals surface area contributed by atoms with E-state index >= 15 is 0 Å². The van der Waals surface area contributed by atoms with Crippen molar-refractivity contribution < 1.29 is 9.47 Å². The molecule has 0 aliphatic carbocycles. The normalized spacial score (nSPS) is 11.3. The minimum atomic E-state index is 0.542. The van der Waals surface area contributed by atoms with Crippen molar-refractivity contribution in [3.8, 4) is 17.6 Å². The maximum absolute atomic E-state index is 9.72. The highest BCUT2D eigenvalue weighted by atomic mass is 35.5. The van der Waals surface area contributed by atoms with Crippen molar-refractivity contribution >= 4 is 34.0 Å². The Labute approximate surface area is 164 Å². The van der Waals surface area contributed by atoms with Crippen molar-refractivity contribution in [3.05, 3.63) is 70.7 Å². The molecule has 136 valence electrons. The number of fused-ring (bicyclic) bond motifs is 1. The van der Waals surface area contributed by atoms with Crippen LogP contribution >= 0.6 is 11.6 Å². The van der Waals surface area contributed by atoms with Crippen LogP contribution in [0.15, 0.2) is 54.6 Å². The predicted octanol–water partition coefficient (Wildman–Crippen LogP) is 6.35. The summed E-state index contributed by atoms with van der Waals surface area (Å²) in [7, 11) is 0. The Morgan fingerprint density at radius 1 is 1.00 bits per heavy atom. The third-order valence-corrected chi connectivity index (χ3v) is 4.42. The lowest BCUT2D eigenvalue weighted by molar-refractivity contribution is 0.339. The smallest absolute Gasteiger partial charge is 0.127 e. The highest BCUT2D eigenvalue weighted by Gasteiger charge is 2.11. The third kappa shape index (κ3) is 4.24. The van der Waals surface area contributed by atoms with Crippen molar-refractivity contribution in [2.45, 2.75) is 13.8 Å². The third-order valence-electron chi connectivity index (χ3n) is 4.17. The van der Waals surface area contributed by atoms with Gasteiger partial charge in [-0.25, -0.2) is 0 Å². The van der Waals surface area contributed by atoms with E-state index in [4.69, 9.17) is 21.1 Å². The van der Waals surface area contributed by atoms with Gasteiger partial charge >= 0.3 is 0 Å². The van der Waals surface area contributed by atoms with Gasteiger partial charge in [0.15, 0.2) is 0 Å². The molecule has 3 rings (SSSR count). The van der Waals surface area contributed by atoms with Crippen molar-refractivity contribution in [1.82, 2.24) is 0 Å². The summed E-state index contributed by atoms with van der Waals surface area (Å²) < 4.78 is 11.5. The first-order valence-corrected chi connectivity index (χ1v) is 9.24. The van der Waals surface area contributed by atoms with Crippen molar-refractivity contribution in [1.29, 1.82) is 5.26 Å². The minimum absolute atomic E-state index is 0.542. The van der Waals surface area contributed by atoms with Crippen LogP contribution in [0.4, 0.5) is 0 Å². The van der Waals surface area contributed by atoms with Gasteiger partial charge in [-0.1, -0.05) is 35.9 Å². The number of benzene rings is 3. The van der Waals surface area contributed by atoms with Crippen LogP contribution in [0, 0.1) is 11.3 Å². The maximum Gasteiger partial charge on any atom is 0.127 e. The fraction of sp³-hybridized carbons (Fsp3) is 0.174. The Hall–Kier alpha value is -2.96. The lowest BCUT2D eigenvalue weighted by Gasteiger charge is -2.13. The van der Waals surface area contributed by atoms with Crippen molar-refractivity contribution in [3.63, 3.8) is 0 Å². The summed E-state index contributed by atoms with van der Waals surface area (Å²) in [6.45, 7) is 5.03. The van der Waals surface area contributed by atoms with E-state index < -0.39 is 0 Å². The average Bonchev–Trinajstić information content (AvgIpc) is 2.68. The molecule has 0 saturated carbocycles. The fourth-order valence-electron chi connectivity index (χ4n) is 2.94. The second kappa shape index (κ2) is 8.62. The minimum Gasteiger partial charge on any atom is -0.494 e. The molecule has 4 heteroatoms. The molecule has 0 fully saturated rings. The molecule has 0 heterocycles. The zero-order valence-electron chi connectivity index (χ0n) is 15.3. The Bertz CT molecular complexity index is 1010. The second-order valence-electron chi connectivity index (χ2n) is 5.90. The van der Waals surface area contributed by atoms with Crippen LogP contribution in [0.3, 0.4) is 0 Å². The van der Waals surface area contributed by atoms with E-state index in [1.54, 1.807) is 12.1 Å². The molecule has 0 atom stereocenters. The summed E-state index contributed by atoms with van der Waals surface area (Å²) in [6, 6.07) is 19.4. The number of allylic oxidation sites excluding steroid dienone is 1. The lowest BCUT2D eigenvalue weighted by atomic mass is 9.98. The van der Waals surface area contributed by atoms with E-state index in [0.717, 1.165) is 33.4 Å². The summed E-state index contributed by atoms with van der Waals surface area (Å²) in [5, 5.41) is 12.4. The van der Waals surface area contributed by atoms with Gasteiger partial charge in [0.1, 0.15) is 11.5 Å². The largest absolute Gasteiger partial charge is 0.494 e. The van der Waals surface area contributed by atoms with Crippen LogP contribution in [-0.2, 0) is 0 Å². The molecule has 27 heavy (non-hydrogen) atoms. The van der Waals surface area contributed by atoms with Gasteiger partial charge in [-0.3, -0.25) is 0 Å². The first-order valence-electron chi connectivity index (χ1n) is 8.86. The quantitative estimate of drug-likeness (QED) is 0.371. The fourth-order valence-corrected chi connectivity index (χ4v) is 3.07. The molecule has 3 nitrogen and oxygen atoms in total. The number of nitriles is 1. The van der Waals surface area contributed by atoms with E-state index in [9.17, 15) is 5.26 Å². The maximum atomic E-state index is 9.72. The number of halogens is 1. The van der Waals surface area contributed by atoms with E-state index in [1.165, 1.54) is 0 Å². The van der Waals surface area contributed by atoms with Crippen LogP contribution in [-0.4, -0.2) is 13.2 Å². The van der Waals surface area contributed by atoms with E-state index in [1.807, 2.05) is 62.4 Å². The van der Waals surface area contributed by atoms with Gasteiger partial charge in [-0.2, -0.15) is 5.26 Å². The zero-order chi connectivity index (χ0) is 19.2. The highest BCUT2D eigenvalue weighted by Crippen LogP contribution is 2.34. The molecule has 0 aliphatic rings. The standard InChI is InChI=1S/C23H20ClNO2/c1-3-26-20-11-7-17-8-12-23(27-4-2)22(21(17)14-20)13-18(15-25)16-5-9-19(24)10-6-16/h5-14H,3-4H2,1-2H3/b18-13-. The molecule has 0 saturated heterocycles. The summed E-state index contributed by atoms with van der Waals surface area (Å²) in [5.74, 6) is 1.53. The molecule has 0 aromatic heterocycles. The van der Waals surface area contributed by atoms with Crippen LogP contribution in [0.1, 0.15) is 25.0 Å². The molecular formula is C23H20ClNO2. The van der Waals surface area contributed by atoms with Crippen LogP contribution in [0.25, 0.3) is 22.4 Å². The molecule has 0 radical (unpaired) electrons. The Kier molecular flexibility index (Phi) is 6.01. The molecule has 0 amide bonds. The van der Waals surface area contributed by atoms with Gasteiger partial charge in [0.2, 0.25) is 0 Å². The van der Waals surface area contributed by atoms with Crippen molar-refractivity contribution in [2.24, 2.45) is 0 Å². The Morgan fingerprint density at radius 3 is 2.37 bits per heavy atom. The molecule has 3 aromatic rings. The molecular weight excluding hydrogens is 358 g/mol. The van der Waals surface area contributed by atoms with Crippen LogP contribution < -0.4 is 9.47 Å². The molecule has 0 N–H and O–H groups in total. The SMILES string of the molecule is CCOc1ccc2ccc(OCC)c(/C=C(/C#N)c3ccc(Cl)cc3)c2c1. The molecule has 0 spiro atoms. The number of ether oxygens (including phenoxy) is 2. The van der Waals surface area contributed by atoms with Gasteiger partial charge in [0, 0.05) is 10.6 Å². The van der Waals surface area contributed by atoms with Gasteiger partial charge in [-0.05, 0) is 66.6 Å². The Balaban J connectivity index is 2.22. The van der Waals surface area contributed by atoms with Gasteiger partial charge in [0.25, 0.3) is 0 Å². The second-order valence-corrected chi connectivity index (χ2v) is 6.34. The molecule has 0 bridgehead atoms. The van der Waals surface area contributed by atoms with E-state index in [2.05, 4.69) is 6.07 Å². The summed E-state index contributed by atoms with van der Waals surface area (Å²) >= 11 is 5.98. The molecule has 3 aromatic carbocycles. The topological polar surface area (TPSA) is 42.2 Å². The number of hydrogen-bond acceptors (Lipinski definition) is 3. The molecule has 0 unspecified atom stereocenters. The highest BCUT2D eigenvalue weighted by molar-refractivity contribution is 6.30. The molecule has 0 aliphatic heterocycles. The summed E-state index contributed by atoms with van der Waals surface area (Å²) in [4.78, 5) is 0. The average molecular weight is 378 g/mol. The monoisotopic (exact) mass is 377 g/mol. The van der Waals surface area contributed by atoms with Crippen LogP contribution in [0.5, 0.6) is 11.5 Å². The predicted molar refractivity (Wildman–Crippen MR) is 111 cm³/mol. The first kappa shape index (κ1) is 18.8. The van der Waals surface area contributed by atoms with Crippen LogP contribution in [0.2, 0.25) is 5.02 Å². The van der Waals surface area contributed by atoms with E-state index in [0.29, 0.717) is 23.8 Å². The van der Waals surface area contributed by atoms with Gasteiger partial charge in [0.05, 0.1) is 24.9 Å². The van der Waals surface area contributed by atoms with E-state index in [-0.39, 0.29) is 0 Å². The zero-order valence-corrected chi connectivity index (χ0v) is 16.1. The van der Waals surface area contributed by atoms with Gasteiger partial charge in [-0.15, -0.1) is 0 Å². The summed E-state index contributed by atoms with van der Waals surface area (Å²) in [5.41, 5.74) is 2.21. The van der Waals surface area contributed by atoms with Gasteiger partial charge < -0.3 is 9.47 Å². The number of nitrogens with zero attached hydrogens (tertiary/aromatic N) is 1. The number of rotatable bonds is 6. The first-order chi connectivity index (χ1) is 13.2. The summed E-state index contributed by atoms with van der Waals surface area (Å²) in [6.07, 6.45) is 1.87. The Morgan fingerprint density at radius 2 is 1.70 bits per heavy atom. The van der Waals surface area contributed by atoms with Crippen molar-refractivity contribution in [2.75, 3.05) is 13.2 Å².